The molecule has 0 atom stereocenters. The van der Waals surface area contributed by atoms with Crippen molar-refractivity contribution in [2.75, 3.05) is 33.0 Å². The molecule has 2 saturated heterocycles. The highest BCUT2D eigenvalue weighted by molar-refractivity contribution is 7.11. The minimum atomic E-state index is 0.0756. The number of carbonyl (C=O) groups is 1. The molecule has 31 heavy (non-hydrogen) atoms. The molecule has 0 spiro atoms. The normalized spacial score (nSPS) is 20.5. The summed E-state index contributed by atoms with van der Waals surface area (Å²) in [5.41, 5.74) is 0.940. The molecule has 4 heterocycles. The first-order valence-corrected chi connectivity index (χ1v) is 11.8. The van der Waals surface area contributed by atoms with Crippen LogP contribution in [0.2, 0.25) is 0 Å². The smallest absolute Gasteiger partial charge is 0.273 e. The molecular formula is C23H27N3O4S. The van der Waals surface area contributed by atoms with Crippen molar-refractivity contribution in [2.45, 2.75) is 37.8 Å². The van der Waals surface area contributed by atoms with Gasteiger partial charge >= 0.3 is 0 Å². The summed E-state index contributed by atoms with van der Waals surface area (Å²) in [7, 11) is 0. The van der Waals surface area contributed by atoms with Crippen molar-refractivity contribution in [2.24, 2.45) is 0 Å². The predicted octanol–water partition coefficient (Wildman–Crippen LogP) is 3.42. The largest absolute Gasteiger partial charge is 0.467 e. The van der Waals surface area contributed by atoms with Gasteiger partial charge in [-0.1, -0.05) is 17.4 Å². The number of likely N-dealkylation sites (tertiary alicyclic amines) is 2. The van der Waals surface area contributed by atoms with E-state index in [0.29, 0.717) is 6.04 Å². The van der Waals surface area contributed by atoms with Gasteiger partial charge in [-0.2, -0.15) is 0 Å². The fraction of sp³-hybridized carbons (Fsp3) is 0.478. The maximum absolute atomic E-state index is 12.6. The Balaban J connectivity index is 1.07. The van der Waals surface area contributed by atoms with Gasteiger partial charge in [0, 0.05) is 49.9 Å². The highest BCUT2D eigenvalue weighted by atomic mass is 32.1. The molecule has 0 aliphatic carbocycles. The number of hydrogen-bond acceptors (Lipinski definition) is 7. The molecule has 3 aliphatic rings. The van der Waals surface area contributed by atoms with E-state index in [1.54, 1.807) is 23.6 Å². The van der Waals surface area contributed by atoms with Crippen LogP contribution >= 0.6 is 11.3 Å². The average molecular weight is 442 g/mol. The van der Waals surface area contributed by atoms with Crippen molar-refractivity contribution >= 4 is 23.3 Å². The van der Waals surface area contributed by atoms with Crippen LogP contribution in [0.4, 0.5) is 0 Å². The Hall–Kier alpha value is -2.58. The SMILES string of the molecule is O=C(/C=C/c1ccc2c(c1)OCO2)N1CCC(N2CCC(Oc3nccs3)CC2)CC1. The van der Waals surface area contributed by atoms with E-state index >= 15 is 0 Å². The first-order valence-electron chi connectivity index (χ1n) is 10.9. The van der Waals surface area contributed by atoms with Crippen LogP contribution in [0.5, 0.6) is 16.7 Å². The molecule has 0 N–H and O–H groups in total. The van der Waals surface area contributed by atoms with E-state index in [-0.39, 0.29) is 18.8 Å². The van der Waals surface area contributed by atoms with E-state index < -0.39 is 0 Å². The van der Waals surface area contributed by atoms with Crippen LogP contribution in [0.1, 0.15) is 31.2 Å². The zero-order chi connectivity index (χ0) is 21.0. The molecule has 0 saturated carbocycles. The number of fused-ring (bicyclic) bond motifs is 1. The number of benzene rings is 1. The molecule has 2 aromatic rings. The second-order valence-corrected chi connectivity index (χ2v) is 9.01. The van der Waals surface area contributed by atoms with Gasteiger partial charge in [-0.15, -0.1) is 0 Å². The van der Waals surface area contributed by atoms with Crippen molar-refractivity contribution in [1.29, 1.82) is 0 Å². The number of rotatable bonds is 5. The summed E-state index contributed by atoms with van der Waals surface area (Å²) < 4.78 is 16.7. The Kier molecular flexibility index (Phi) is 6.08. The fourth-order valence-electron chi connectivity index (χ4n) is 4.51. The van der Waals surface area contributed by atoms with Crippen molar-refractivity contribution in [3.8, 4) is 16.7 Å². The Morgan fingerprint density at radius 3 is 2.68 bits per heavy atom. The highest BCUT2D eigenvalue weighted by Crippen LogP contribution is 2.33. The van der Waals surface area contributed by atoms with Gasteiger partial charge in [-0.25, -0.2) is 4.98 Å². The third-order valence-electron chi connectivity index (χ3n) is 6.26. The molecule has 0 unspecified atom stereocenters. The number of nitrogens with zero attached hydrogens (tertiary/aromatic N) is 3. The second kappa shape index (κ2) is 9.28. The first-order chi connectivity index (χ1) is 15.2. The minimum absolute atomic E-state index is 0.0756. The standard InChI is InChI=1S/C23H27N3O4S/c27-22(4-2-17-1-3-20-21(15-17)29-16-28-20)26-10-5-18(6-11-26)25-12-7-19(8-13-25)30-23-24-9-14-31-23/h1-4,9,14-15,18-19H,5-8,10-13,16H2/b4-2+. The first kappa shape index (κ1) is 20.3. The van der Waals surface area contributed by atoms with Crippen LogP contribution in [-0.4, -0.2) is 65.8 Å². The molecular weight excluding hydrogens is 414 g/mol. The third-order valence-corrected chi connectivity index (χ3v) is 6.92. The van der Waals surface area contributed by atoms with Crippen LogP contribution in [0.3, 0.4) is 0 Å². The van der Waals surface area contributed by atoms with Crippen LogP contribution < -0.4 is 14.2 Å². The van der Waals surface area contributed by atoms with Gasteiger partial charge in [0.15, 0.2) is 11.5 Å². The topological polar surface area (TPSA) is 64.1 Å². The summed E-state index contributed by atoms with van der Waals surface area (Å²) in [6, 6.07) is 6.28. The van der Waals surface area contributed by atoms with Crippen molar-refractivity contribution in [3.05, 3.63) is 41.4 Å². The molecule has 5 rings (SSSR count). The zero-order valence-electron chi connectivity index (χ0n) is 17.4. The Labute approximate surface area is 186 Å². The van der Waals surface area contributed by atoms with Crippen molar-refractivity contribution in [3.63, 3.8) is 0 Å². The molecule has 1 aromatic carbocycles. The number of ether oxygens (including phenoxy) is 3. The molecule has 0 radical (unpaired) electrons. The van der Waals surface area contributed by atoms with Gasteiger partial charge in [-0.3, -0.25) is 9.69 Å². The molecule has 1 amide bonds. The van der Waals surface area contributed by atoms with Gasteiger partial charge in [-0.05, 0) is 49.5 Å². The van der Waals surface area contributed by atoms with Crippen LogP contribution in [0.15, 0.2) is 35.9 Å². The number of carbonyl (C=O) groups excluding carboxylic acids is 1. The highest BCUT2D eigenvalue weighted by Gasteiger charge is 2.30. The van der Waals surface area contributed by atoms with E-state index in [0.717, 1.165) is 74.1 Å². The van der Waals surface area contributed by atoms with Gasteiger partial charge in [0.05, 0.1) is 0 Å². The lowest BCUT2D eigenvalue weighted by Gasteiger charge is -2.41. The number of piperidine rings is 2. The molecule has 0 bridgehead atoms. The Bertz CT molecular complexity index is 917. The monoisotopic (exact) mass is 441 g/mol. The zero-order valence-corrected chi connectivity index (χ0v) is 18.3. The molecule has 8 heteroatoms. The van der Waals surface area contributed by atoms with Crippen molar-refractivity contribution in [1.82, 2.24) is 14.8 Å². The van der Waals surface area contributed by atoms with Gasteiger partial charge in [0.1, 0.15) is 6.10 Å². The second-order valence-electron chi connectivity index (χ2n) is 8.15. The Morgan fingerprint density at radius 2 is 1.90 bits per heavy atom. The predicted molar refractivity (Wildman–Crippen MR) is 119 cm³/mol. The van der Waals surface area contributed by atoms with E-state index in [2.05, 4.69) is 9.88 Å². The number of aromatic nitrogens is 1. The summed E-state index contributed by atoms with van der Waals surface area (Å²) >= 11 is 1.55. The van der Waals surface area contributed by atoms with Crippen LogP contribution in [-0.2, 0) is 4.79 Å². The molecule has 1 aromatic heterocycles. The molecule has 7 nitrogen and oxygen atoms in total. The van der Waals surface area contributed by atoms with E-state index in [1.165, 1.54) is 0 Å². The summed E-state index contributed by atoms with van der Waals surface area (Å²) in [6.07, 6.45) is 9.71. The molecule has 3 aliphatic heterocycles. The maximum Gasteiger partial charge on any atom is 0.273 e. The lowest BCUT2D eigenvalue weighted by Crippen LogP contribution is -2.49. The summed E-state index contributed by atoms with van der Waals surface area (Å²) in [5, 5.41) is 2.73. The summed E-state index contributed by atoms with van der Waals surface area (Å²) in [5.74, 6) is 1.56. The summed E-state index contributed by atoms with van der Waals surface area (Å²) in [6.45, 7) is 3.99. The van der Waals surface area contributed by atoms with Crippen molar-refractivity contribution < 1.29 is 19.0 Å². The molecule has 2 fully saturated rings. The number of hydrogen-bond donors (Lipinski definition) is 0. The van der Waals surface area contributed by atoms with Crippen LogP contribution in [0.25, 0.3) is 6.08 Å². The van der Waals surface area contributed by atoms with E-state index in [1.807, 2.05) is 34.6 Å². The quantitative estimate of drug-likeness (QED) is 0.663. The number of amides is 1. The lowest BCUT2D eigenvalue weighted by atomic mass is 9.99. The van der Waals surface area contributed by atoms with Gasteiger partial charge < -0.3 is 19.1 Å². The lowest BCUT2D eigenvalue weighted by molar-refractivity contribution is -0.127. The van der Waals surface area contributed by atoms with Gasteiger partial charge in [0.2, 0.25) is 12.7 Å². The fourth-order valence-corrected chi connectivity index (χ4v) is 5.06. The van der Waals surface area contributed by atoms with Gasteiger partial charge in [0.25, 0.3) is 5.19 Å². The third kappa shape index (κ3) is 4.85. The average Bonchev–Trinajstić information content (AvgIpc) is 3.50. The van der Waals surface area contributed by atoms with E-state index in [9.17, 15) is 4.79 Å². The maximum atomic E-state index is 12.6. The Morgan fingerprint density at radius 1 is 1.10 bits per heavy atom. The number of thiazole rings is 1. The van der Waals surface area contributed by atoms with E-state index in [4.69, 9.17) is 14.2 Å². The van der Waals surface area contributed by atoms with Crippen LogP contribution in [0, 0.1) is 0 Å². The minimum Gasteiger partial charge on any atom is -0.467 e. The molecule has 164 valence electrons. The summed E-state index contributed by atoms with van der Waals surface area (Å²) in [4.78, 5) is 21.4.